The van der Waals surface area contributed by atoms with Crippen LogP contribution in [0.15, 0.2) is 47.5 Å². The molecule has 3 aromatic rings. The number of carbonyl (C=O) groups excluding carboxylic acids is 2. The van der Waals surface area contributed by atoms with Crippen LogP contribution in [0.5, 0.6) is 5.75 Å². The first-order valence-corrected chi connectivity index (χ1v) is 13.1. The first-order valence-electron chi connectivity index (χ1n) is 12.1. The maximum atomic E-state index is 12.9. The number of aliphatic hydroxyl groups excluding tert-OH is 2. The molecule has 0 bridgehead atoms. The zero-order chi connectivity index (χ0) is 25.9. The van der Waals surface area contributed by atoms with E-state index in [1.807, 2.05) is 24.3 Å². The molecule has 4 N–H and O–H groups in total. The number of hydrogen-bond donors (Lipinski definition) is 4. The average molecular weight is 525 g/mol. The molecule has 5 rings (SSSR count). The number of aromatic nitrogens is 2. The molecule has 1 aromatic carbocycles. The van der Waals surface area contributed by atoms with Gasteiger partial charge in [-0.1, -0.05) is 12.1 Å². The summed E-state index contributed by atoms with van der Waals surface area (Å²) in [5.41, 5.74) is 1.66. The Balaban J connectivity index is 1.23. The average Bonchev–Trinajstić information content (AvgIpc) is 2.92. The summed E-state index contributed by atoms with van der Waals surface area (Å²) in [5, 5.41) is 27.4. The number of ether oxygens (including phenoxy) is 2. The molecule has 4 heterocycles. The molecular formula is C26H28N4O6S. The second-order valence-electron chi connectivity index (χ2n) is 9.06. The van der Waals surface area contributed by atoms with Crippen molar-refractivity contribution in [3.05, 3.63) is 53.9 Å². The molecule has 2 aromatic heterocycles. The van der Waals surface area contributed by atoms with E-state index < -0.39 is 24.2 Å². The molecule has 0 aliphatic carbocycles. The van der Waals surface area contributed by atoms with Gasteiger partial charge in [-0.3, -0.25) is 14.6 Å². The number of nitrogens with zero attached hydrogens (tertiary/aromatic N) is 2. The number of pyridine rings is 2. The van der Waals surface area contributed by atoms with Crippen LogP contribution in [-0.2, 0) is 9.53 Å². The third-order valence-corrected chi connectivity index (χ3v) is 7.68. The minimum absolute atomic E-state index is 0.157. The van der Waals surface area contributed by atoms with Crippen LogP contribution in [-0.4, -0.2) is 69.7 Å². The lowest BCUT2D eigenvalue weighted by Crippen LogP contribution is -2.51. The van der Waals surface area contributed by atoms with E-state index in [0.717, 1.165) is 21.4 Å². The normalized spacial score (nSPS) is 22.1. The largest absolute Gasteiger partial charge is 0.495 e. The van der Waals surface area contributed by atoms with E-state index >= 15 is 0 Å². The Kier molecular flexibility index (Phi) is 7.56. The van der Waals surface area contributed by atoms with Crippen LogP contribution in [0.25, 0.3) is 10.9 Å². The van der Waals surface area contributed by atoms with Crippen LogP contribution >= 0.6 is 11.8 Å². The van der Waals surface area contributed by atoms with E-state index in [2.05, 4.69) is 20.6 Å². The quantitative estimate of drug-likeness (QED) is 0.366. The topological polar surface area (TPSA) is 143 Å². The molecule has 2 aliphatic heterocycles. The van der Waals surface area contributed by atoms with Crippen molar-refractivity contribution in [2.24, 2.45) is 0 Å². The van der Waals surface area contributed by atoms with Gasteiger partial charge in [-0.15, -0.1) is 11.8 Å². The number of carbonyl (C=O) groups is 2. The highest BCUT2D eigenvalue weighted by molar-refractivity contribution is 8.00. The van der Waals surface area contributed by atoms with E-state index in [-0.39, 0.29) is 24.3 Å². The highest BCUT2D eigenvalue weighted by Crippen LogP contribution is 2.33. The number of anilines is 1. The maximum Gasteiger partial charge on any atom is 0.270 e. The summed E-state index contributed by atoms with van der Waals surface area (Å²) in [4.78, 5) is 34.0. The van der Waals surface area contributed by atoms with Crippen molar-refractivity contribution in [1.29, 1.82) is 0 Å². The van der Waals surface area contributed by atoms with Crippen molar-refractivity contribution in [2.45, 2.75) is 48.5 Å². The van der Waals surface area contributed by atoms with Gasteiger partial charge >= 0.3 is 0 Å². The van der Waals surface area contributed by atoms with E-state index in [1.54, 1.807) is 25.4 Å². The molecule has 2 amide bonds. The van der Waals surface area contributed by atoms with E-state index in [4.69, 9.17) is 9.47 Å². The summed E-state index contributed by atoms with van der Waals surface area (Å²) in [6, 6.07) is 10.4. The van der Waals surface area contributed by atoms with Crippen LogP contribution in [0.3, 0.4) is 0 Å². The van der Waals surface area contributed by atoms with Crippen molar-refractivity contribution < 1.29 is 29.3 Å². The number of fused-ring (bicyclic) bond motifs is 2. The van der Waals surface area contributed by atoms with Crippen LogP contribution in [0, 0.1) is 0 Å². The molecule has 1 fully saturated rings. The lowest BCUT2D eigenvalue weighted by molar-refractivity contribution is -0.113. The second-order valence-corrected chi connectivity index (χ2v) is 10.1. The Morgan fingerprint density at radius 2 is 2.19 bits per heavy atom. The molecule has 0 spiro atoms. The van der Waals surface area contributed by atoms with Gasteiger partial charge in [-0.2, -0.15) is 0 Å². The number of rotatable bonds is 7. The third kappa shape index (κ3) is 5.54. The van der Waals surface area contributed by atoms with Gasteiger partial charge in [-0.05, 0) is 42.7 Å². The molecule has 11 heteroatoms. The summed E-state index contributed by atoms with van der Waals surface area (Å²) >= 11 is 1.37. The highest BCUT2D eigenvalue weighted by Gasteiger charge is 2.34. The van der Waals surface area contributed by atoms with Crippen LogP contribution in [0.2, 0.25) is 0 Å². The molecule has 194 valence electrons. The van der Waals surface area contributed by atoms with Crippen molar-refractivity contribution in [3.8, 4) is 5.75 Å². The summed E-state index contributed by atoms with van der Waals surface area (Å²) < 4.78 is 11.4. The maximum absolute atomic E-state index is 12.9. The van der Waals surface area contributed by atoms with Gasteiger partial charge in [0.05, 0.1) is 54.3 Å². The predicted octanol–water partition coefficient (Wildman–Crippen LogP) is 2.44. The zero-order valence-corrected chi connectivity index (χ0v) is 21.0. The zero-order valence-electron chi connectivity index (χ0n) is 20.2. The lowest BCUT2D eigenvalue weighted by atomic mass is 9.92. The van der Waals surface area contributed by atoms with Gasteiger partial charge in [-0.25, -0.2) is 4.98 Å². The van der Waals surface area contributed by atoms with Gasteiger partial charge in [0.2, 0.25) is 5.91 Å². The summed E-state index contributed by atoms with van der Waals surface area (Å²) in [7, 11) is 1.57. The fourth-order valence-corrected chi connectivity index (χ4v) is 5.49. The Morgan fingerprint density at radius 1 is 1.32 bits per heavy atom. The Bertz CT molecular complexity index is 1320. The van der Waals surface area contributed by atoms with E-state index in [1.165, 1.54) is 11.8 Å². The van der Waals surface area contributed by atoms with E-state index in [0.29, 0.717) is 36.6 Å². The monoisotopic (exact) mass is 524 g/mol. The summed E-state index contributed by atoms with van der Waals surface area (Å²) in [6.07, 6.45) is 1.39. The SMILES string of the molecule is COc1cnc2cccc(C(O)C[C@@H]3CC[C@@H](NC(=O)c4ccc5c(n4)NC(=O)CS5)[C@@H](CO)O3)c2c1. The van der Waals surface area contributed by atoms with Crippen LogP contribution in [0.1, 0.15) is 41.4 Å². The minimum Gasteiger partial charge on any atom is -0.495 e. The van der Waals surface area contributed by atoms with Crippen molar-refractivity contribution in [2.75, 3.05) is 24.8 Å². The fourth-order valence-electron chi connectivity index (χ4n) is 4.73. The molecule has 0 radical (unpaired) electrons. The highest BCUT2D eigenvalue weighted by atomic mass is 32.2. The molecule has 2 aliphatic rings. The number of methoxy groups -OCH3 is 1. The van der Waals surface area contributed by atoms with E-state index in [9.17, 15) is 19.8 Å². The molecule has 1 unspecified atom stereocenters. The molecule has 10 nitrogen and oxygen atoms in total. The third-order valence-electron chi connectivity index (χ3n) is 6.63. The van der Waals surface area contributed by atoms with Gasteiger partial charge in [0.25, 0.3) is 5.91 Å². The van der Waals surface area contributed by atoms with Gasteiger partial charge in [0.1, 0.15) is 23.4 Å². The molecule has 37 heavy (non-hydrogen) atoms. The minimum atomic E-state index is -0.805. The van der Waals surface area contributed by atoms with Gasteiger partial charge in [0, 0.05) is 11.8 Å². The lowest BCUT2D eigenvalue weighted by Gasteiger charge is -2.37. The number of nitrogens with one attached hydrogen (secondary N) is 2. The molecule has 0 saturated carbocycles. The number of aliphatic hydroxyl groups is 2. The van der Waals surface area contributed by atoms with Crippen LogP contribution < -0.4 is 15.4 Å². The first kappa shape index (κ1) is 25.4. The van der Waals surface area contributed by atoms with Gasteiger partial charge < -0.3 is 30.3 Å². The number of thioether (sulfide) groups is 1. The predicted molar refractivity (Wildman–Crippen MR) is 138 cm³/mol. The van der Waals surface area contributed by atoms with Crippen LogP contribution in [0.4, 0.5) is 5.82 Å². The fraction of sp³-hybridized carbons (Fsp3) is 0.385. The molecule has 4 atom stereocenters. The number of hydrogen-bond acceptors (Lipinski definition) is 9. The number of benzene rings is 1. The molecule has 1 saturated heterocycles. The molecular weight excluding hydrogens is 496 g/mol. The smallest absolute Gasteiger partial charge is 0.270 e. The Labute approximate surface area is 217 Å². The van der Waals surface area contributed by atoms with Crippen molar-refractivity contribution in [3.63, 3.8) is 0 Å². The summed E-state index contributed by atoms with van der Waals surface area (Å²) in [5.74, 6) is 0.739. The Hall–Kier alpha value is -3.25. The second kappa shape index (κ2) is 11.0. The van der Waals surface area contributed by atoms with Crippen molar-refractivity contribution >= 4 is 40.3 Å². The number of amides is 2. The standard InChI is InChI=1S/C26H28N4O6S/c1-35-15-9-17-16(3-2-4-18(17)27-11-15)21(32)10-14-5-6-19(22(12-31)36-14)29-26(34)20-7-8-23-25(28-20)30-24(33)13-37-23/h2-4,7-9,11,14,19,21-22,31-32H,5-6,10,12-13H2,1H3,(H,29,34)(H,28,30,33)/t14-,19+,21?,22+/m0/s1. The first-order chi connectivity index (χ1) is 17.9. The Morgan fingerprint density at radius 3 is 3.00 bits per heavy atom. The summed E-state index contributed by atoms with van der Waals surface area (Å²) in [6.45, 7) is -0.281. The van der Waals surface area contributed by atoms with Gasteiger partial charge in [0.15, 0.2) is 0 Å². The van der Waals surface area contributed by atoms with Crippen molar-refractivity contribution in [1.82, 2.24) is 15.3 Å².